The Bertz CT molecular complexity index is 638. The fraction of sp³-hybridized carbons (Fsp3) is 0.118. The molecule has 3 nitrogen and oxygen atoms in total. The lowest BCUT2D eigenvalue weighted by atomic mass is 10.2. The minimum absolute atomic E-state index is 0.120. The molecule has 0 saturated carbocycles. The van der Waals surface area contributed by atoms with Crippen molar-refractivity contribution < 1.29 is 9.53 Å². The molecule has 0 aliphatic carbocycles. The smallest absolute Gasteiger partial charge is 0.244 e. The molecule has 0 unspecified atom stereocenters. The summed E-state index contributed by atoms with van der Waals surface area (Å²) in [6.07, 6.45) is 3.29. The lowest BCUT2D eigenvalue weighted by Gasteiger charge is -2.04. The third kappa shape index (κ3) is 4.76. The highest BCUT2D eigenvalue weighted by atomic mass is 79.9. The summed E-state index contributed by atoms with van der Waals surface area (Å²) >= 11 is 3.42. The Labute approximate surface area is 132 Å². The number of carbonyl (C=O) groups is 1. The van der Waals surface area contributed by atoms with Gasteiger partial charge in [0.15, 0.2) is 0 Å². The van der Waals surface area contributed by atoms with Crippen LogP contribution in [0.3, 0.4) is 0 Å². The van der Waals surface area contributed by atoms with Gasteiger partial charge in [0.2, 0.25) is 5.91 Å². The van der Waals surface area contributed by atoms with Crippen molar-refractivity contribution in [2.75, 3.05) is 7.11 Å². The molecular weight excluding hydrogens is 330 g/mol. The van der Waals surface area contributed by atoms with Crippen molar-refractivity contribution in [1.29, 1.82) is 0 Å². The van der Waals surface area contributed by atoms with Crippen LogP contribution in [0.2, 0.25) is 0 Å². The number of benzene rings is 2. The molecule has 0 saturated heterocycles. The van der Waals surface area contributed by atoms with E-state index in [0.29, 0.717) is 6.54 Å². The van der Waals surface area contributed by atoms with Crippen molar-refractivity contribution in [3.63, 3.8) is 0 Å². The quantitative estimate of drug-likeness (QED) is 0.837. The largest absolute Gasteiger partial charge is 0.496 e. The first kappa shape index (κ1) is 15.3. The zero-order valence-electron chi connectivity index (χ0n) is 11.7. The van der Waals surface area contributed by atoms with Gasteiger partial charge in [-0.25, -0.2) is 0 Å². The number of nitrogens with one attached hydrogen (secondary N) is 1. The van der Waals surface area contributed by atoms with Crippen LogP contribution in [0.1, 0.15) is 11.1 Å². The molecule has 2 aromatic carbocycles. The average Bonchev–Trinajstić information content (AvgIpc) is 2.52. The maximum atomic E-state index is 11.8. The third-order valence-corrected chi connectivity index (χ3v) is 3.53. The normalized spacial score (nSPS) is 10.6. The standard InChI is InChI=1S/C17H16BrNO2/c1-21-16-9-7-13(11-15(16)18)8-10-17(20)19-12-14-5-3-2-4-6-14/h2-11H,12H2,1H3,(H,19,20)/b10-8+. The van der Waals surface area contributed by atoms with E-state index in [2.05, 4.69) is 21.2 Å². The van der Waals surface area contributed by atoms with E-state index < -0.39 is 0 Å². The Hall–Kier alpha value is -2.07. The number of hydrogen-bond donors (Lipinski definition) is 1. The molecule has 0 spiro atoms. The van der Waals surface area contributed by atoms with E-state index >= 15 is 0 Å². The van der Waals surface area contributed by atoms with Crippen molar-refractivity contribution in [3.05, 3.63) is 70.2 Å². The van der Waals surface area contributed by atoms with E-state index in [9.17, 15) is 4.79 Å². The second kappa shape index (κ2) is 7.64. The summed E-state index contributed by atoms with van der Waals surface area (Å²) < 4.78 is 6.02. The number of methoxy groups -OCH3 is 1. The van der Waals surface area contributed by atoms with Crippen LogP contribution >= 0.6 is 15.9 Å². The van der Waals surface area contributed by atoms with Crippen LogP contribution in [0.5, 0.6) is 5.75 Å². The van der Waals surface area contributed by atoms with Gasteiger partial charge in [0.1, 0.15) is 5.75 Å². The highest BCUT2D eigenvalue weighted by Crippen LogP contribution is 2.25. The summed E-state index contributed by atoms with van der Waals surface area (Å²) in [5, 5.41) is 2.84. The first-order valence-electron chi connectivity index (χ1n) is 6.52. The number of halogens is 1. The number of rotatable bonds is 5. The van der Waals surface area contributed by atoms with E-state index in [-0.39, 0.29) is 5.91 Å². The number of ether oxygens (including phenoxy) is 1. The summed E-state index contributed by atoms with van der Waals surface area (Å²) in [5.41, 5.74) is 2.00. The van der Waals surface area contributed by atoms with Crippen LogP contribution < -0.4 is 10.1 Å². The molecule has 2 rings (SSSR count). The number of amides is 1. The summed E-state index contributed by atoms with van der Waals surface area (Å²) in [4.78, 5) is 11.8. The molecule has 0 bridgehead atoms. The molecule has 0 aromatic heterocycles. The van der Waals surface area contributed by atoms with Gasteiger partial charge < -0.3 is 10.1 Å². The van der Waals surface area contributed by atoms with E-state index in [0.717, 1.165) is 21.3 Å². The zero-order valence-corrected chi connectivity index (χ0v) is 13.3. The van der Waals surface area contributed by atoms with Gasteiger partial charge >= 0.3 is 0 Å². The molecule has 108 valence electrons. The second-order valence-electron chi connectivity index (χ2n) is 4.43. The molecule has 21 heavy (non-hydrogen) atoms. The Morgan fingerprint density at radius 3 is 2.67 bits per heavy atom. The Balaban J connectivity index is 1.91. The van der Waals surface area contributed by atoms with E-state index in [1.165, 1.54) is 6.08 Å². The number of hydrogen-bond acceptors (Lipinski definition) is 2. The fourth-order valence-electron chi connectivity index (χ4n) is 1.80. The number of carbonyl (C=O) groups excluding carboxylic acids is 1. The molecule has 4 heteroatoms. The maximum absolute atomic E-state index is 11.8. The minimum atomic E-state index is -0.120. The van der Waals surface area contributed by atoms with Crippen LogP contribution in [0.4, 0.5) is 0 Å². The Kier molecular flexibility index (Phi) is 5.58. The molecule has 0 aliphatic rings. The van der Waals surface area contributed by atoms with E-state index in [4.69, 9.17) is 4.74 Å². The van der Waals surface area contributed by atoms with Gasteiger partial charge in [0, 0.05) is 12.6 Å². The predicted octanol–water partition coefficient (Wildman–Crippen LogP) is 3.79. The molecule has 0 heterocycles. The van der Waals surface area contributed by atoms with Gasteiger partial charge in [-0.15, -0.1) is 0 Å². The second-order valence-corrected chi connectivity index (χ2v) is 5.29. The molecule has 0 fully saturated rings. The van der Waals surface area contributed by atoms with Crippen LogP contribution in [-0.4, -0.2) is 13.0 Å². The highest BCUT2D eigenvalue weighted by molar-refractivity contribution is 9.10. The van der Waals surface area contributed by atoms with Gasteiger partial charge in [-0.3, -0.25) is 4.79 Å². The SMILES string of the molecule is COc1ccc(/C=C/C(=O)NCc2ccccc2)cc1Br. The highest BCUT2D eigenvalue weighted by Gasteiger charge is 2.00. The molecule has 1 N–H and O–H groups in total. The summed E-state index contributed by atoms with van der Waals surface area (Å²) in [7, 11) is 1.62. The predicted molar refractivity (Wildman–Crippen MR) is 88.0 cm³/mol. The van der Waals surface area contributed by atoms with E-state index in [1.807, 2.05) is 48.5 Å². The maximum Gasteiger partial charge on any atom is 0.244 e. The fourth-order valence-corrected chi connectivity index (χ4v) is 2.36. The van der Waals surface area contributed by atoms with Crippen molar-refractivity contribution in [2.45, 2.75) is 6.54 Å². The van der Waals surface area contributed by atoms with Gasteiger partial charge in [-0.2, -0.15) is 0 Å². The Morgan fingerprint density at radius 2 is 2.00 bits per heavy atom. The Morgan fingerprint density at radius 1 is 1.24 bits per heavy atom. The first-order valence-corrected chi connectivity index (χ1v) is 7.31. The third-order valence-electron chi connectivity index (χ3n) is 2.91. The minimum Gasteiger partial charge on any atom is -0.496 e. The molecule has 2 aromatic rings. The van der Waals surface area contributed by atoms with Crippen LogP contribution in [0.15, 0.2) is 59.1 Å². The molecule has 0 aliphatic heterocycles. The monoisotopic (exact) mass is 345 g/mol. The van der Waals surface area contributed by atoms with Crippen molar-refractivity contribution >= 4 is 27.9 Å². The topological polar surface area (TPSA) is 38.3 Å². The van der Waals surface area contributed by atoms with Crippen molar-refractivity contribution in [3.8, 4) is 5.75 Å². The lowest BCUT2D eigenvalue weighted by Crippen LogP contribution is -2.20. The van der Waals surface area contributed by atoms with E-state index in [1.54, 1.807) is 13.2 Å². The summed E-state index contributed by atoms with van der Waals surface area (Å²) in [6.45, 7) is 0.524. The van der Waals surface area contributed by atoms with Gasteiger partial charge in [0.05, 0.1) is 11.6 Å². The molecular formula is C17H16BrNO2. The molecule has 0 radical (unpaired) electrons. The van der Waals surface area contributed by atoms with Gasteiger partial charge in [-0.1, -0.05) is 36.4 Å². The van der Waals surface area contributed by atoms with Gasteiger partial charge in [0.25, 0.3) is 0 Å². The lowest BCUT2D eigenvalue weighted by molar-refractivity contribution is -0.116. The molecule has 1 amide bonds. The first-order chi connectivity index (χ1) is 10.2. The zero-order chi connectivity index (χ0) is 15.1. The van der Waals surface area contributed by atoms with Crippen LogP contribution in [0.25, 0.3) is 6.08 Å². The molecule has 0 atom stereocenters. The van der Waals surface area contributed by atoms with Crippen molar-refractivity contribution in [1.82, 2.24) is 5.32 Å². The van der Waals surface area contributed by atoms with Crippen LogP contribution in [-0.2, 0) is 11.3 Å². The van der Waals surface area contributed by atoms with Crippen LogP contribution in [0, 0.1) is 0 Å². The summed E-state index contributed by atoms with van der Waals surface area (Å²) in [5.74, 6) is 0.645. The summed E-state index contributed by atoms with van der Waals surface area (Å²) in [6, 6.07) is 15.5. The van der Waals surface area contributed by atoms with Gasteiger partial charge in [-0.05, 0) is 45.3 Å². The van der Waals surface area contributed by atoms with Crippen molar-refractivity contribution in [2.24, 2.45) is 0 Å². The average molecular weight is 346 g/mol.